The molecule has 33 heavy (non-hydrogen) atoms. The van der Waals surface area contributed by atoms with E-state index in [2.05, 4.69) is 20.7 Å². The molecule has 1 aromatic heterocycles. The predicted octanol–water partition coefficient (Wildman–Crippen LogP) is 3.27. The summed E-state index contributed by atoms with van der Waals surface area (Å²) in [6.45, 7) is 3.30. The van der Waals surface area contributed by atoms with Gasteiger partial charge in [0.1, 0.15) is 18.4 Å². The molecule has 3 aromatic rings. The molecule has 1 aliphatic rings. The number of carbonyl (C=O) groups is 2. The highest BCUT2D eigenvalue weighted by Crippen LogP contribution is 2.23. The Bertz CT molecular complexity index is 1120. The first-order chi connectivity index (χ1) is 15.9. The minimum atomic E-state index is -0.907. The van der Waals surface area contributed by atoms with E-state index in [0.29, 0.717) is 5.82 Å². The number of rotatable bonds is 7. The molecule has 1 saturated carbocycles. The summed E-state index contributed by atoms with van der Waals surface area (Å²) in [5.41, 5.74) is 1.91. The van der Waals surface area contributed by atoms with Crippen LogP contribution in [-0.4, -0.2) is 44.1 Å². The van der Waals surface area contributed by atoms with Crippen LogP contribution in [0.25, 0.3) is 11.4 Å². The maximum atomic E-state index is 14.6. The number of hydrogen-bond acceptors (Lipinski definition) is 5. The molecule has 0 bridgehead atoms. The summed E-state index contributed by atoms with van der Waals surface area (Å²) < 4.78 is 14.6. The Hall–Kier alpha value is -3.62. The van der Waals surface area contributed by atoms with Crippen LogP contribution in [0.15, 0.2) is 48.5 Å². The lowest BCUT2D eigenvalue weighted by molar-refractivity contribution is -0.127. The minimum absolute atomic E-state index is 0.0374. The number of amides is 2. The van der Waals surface area contributed by atoms with Crippen molar-refractivity contribution in [3.8, 4) is 11.4 Å². The van der Waals surface area contributed by atoms with Crippen molar-refractivity contribution >= 4 is 17.5 Å². The van der Waals surface area contributed by atoms with Crippen LogP contribution in [0.2, 0.25) is 0 Å². The largest absolute Gasteiger partial charge is 0.352 e. The number of para-hydroxylation sites is 1. The van der Waals surface area contributed by atoms with Crippen molar-refractivity contribution in [2.45, 2.75) is 58.2 Å². The first kappa shape index (κ1) is 22.6. The van der Waals surface area contributed by atoms with Crippen LogP contribution in [0, 0.1) is 12.7 Å². The van der Waals surface area contributed by atoms with Crippen molar-refractivity contribution in [3.63, 3.8) is 0 Å². The zero-order chi connectivity index (χ0) is 23.4. The van der Waals surface area contributed by atoms with Crippen molar-refractivity contribution in [3.05, 3.63) is 59.9 Å². The summed E-state index contributed by atoms with van der Waals surface area (Å²) in [4.78, 5) is 28.5. The van der Waals surface area contributed by atoms with Crippen LogP contribution in [0.5, 0.6) is 0 Å². The van der Waals surface area contributed by atoms with E-state index in [1.807, 2.05) is 31.2 Å². The van der Waals surface area contributed by atoms with Crippen LogP contribution in [0.4, 0.5) is 10.1 Å². The molecule has 0 saturated heterocycles. The summed E-state index contributed by atoms with van der Waals surface area (Å²) in [6.07, 6.45) is 3.96. The molecule has 0 aliphatic heterocycles. The Morgan fingerprint density at radius 3 is 2.55 bits per heavy atom. The number of halogens is 1. The number of hydrogen-bond donors (Lipinski definition) is 1. The zero-order valence-corrected chi connectivity index (χ0v) is 18.7. The molecule has 0 spiro atoms. The minimum Gasteiger partial charge on any atom is -0.352 e. The molecule has 4 rings (SSSR count). The molecule has 1 fully saturated rings. The number of nitrogens with one attached hydrogen (secondary N) is 1. The van der Waals surface area contributed by atoms with Gasteiger partial charge >= 0.3 is 0 Å². The van der Waals surface area contributed by atoms with Crippen molar-refractivity contribution in [1.29, 1.82) is 0 Å². The molecule has 1 heterocycles. The predicted molar refractivity (Wildman–Crippen MR) is 122 cm³/mol. The standard InChI is InChI=1S/C24H27FN6O2/c1-16-11-13-18(14-12-16)23-27-29-30(28-23)15-22(32)31(21-10-6-5-9-20(21)25)17(2)24(33)26-19-7-3-4-8-19/h5-6,9-14,17,19H,3-4,7-8,15H2,1-2H3,(H,26,33)/t17-/m0/s1. The number of aryl methyl sites for hydroxylation is 1. The van der Waals surface area contributed by atoms with E-state index in [1.165, 1.54) is 23.1 Å². The number of benzene rings is 2. The van der Waals surface area contributed by atoms with Gasteiger partial charge in [0, 0.05) is 11.6 Å². The Kier molecular flexibility index (Phi) is 6.76. The normalized spacial score (nSPS) is 14.8. The summed E-state index contributed by atoms with van der Waals surface area (Å²) in [7, 11) is 0. The third-order valence-corrected chi connectivity index (χ3v) is 5.89. The molecule has 9 heteroatoms. The van der Waals surface area contributed by atoms with Crippen molar-refractivity contribution in [2.75, 3.05) is 4.90 Å². The number of nitrogens with zero attached hydrogens (tertiary/aromatic N) is 5. The molecule has 172 valence electrons. The van der Waals surface area contributed by atoms with Gasteiger partial charge in [0.15, 0.2) is 0 Å². The number of aromatic nitrogens is 4. The van der Waals surface area contributed by atoms with Gasteiger partial charge < -0.3 is 5.32 Å². The van der Waals surface area contributed by atoms with E-state index in [1.54, 1.807) is 13.0 Å². The fraction of sp³-hybridized carbons (Fsp3) is 0.375. The lowest BCUT2D eigenvalue weighted by atomic mass is 10.1. The van der Waals surface area contributed by atoms with Crippen LogP contribution in [0.1, 0.15) is 38.2 Å². The molecule has 2 amide bonds. The van der Waals surface area contributed by atoms with Crippen LogP contribution < -0.4 is 10.2 Å². The third-order valence-electron chi connectivity index (χ3n) is 5.89. The highest BCUT2D eigenvalue weighted by atomic mass is 19.1. The second-order valence-corrected chi connectivity index (χ2v) is 8.39. The molecular weight excluding hydrogens is 423 g/mol. The smallest absolute Gasteiger partial charge is 0.251 e. The third kappa shape index (κ3) is 5.24. The van der Waals surface area contributed by atoms with E-state index in [4.69, 9.17) is 0 Å². The van der Waals surface area contributed by atoms with Gasteiger partial charge in [0.2, 0.25) is 11.7 Å². The van der Waals surface area contributed by atoms with Gasteiger partial charge in [-0.25, -0.2) is 4.39 Å². The molecule has 0 radical (unpaired) electrons. The van der Waals surface area contributed by atoms with E-state index < -0.39 is 17.8 Å². The first-order valence-corrected chi connectivity index (χ1v) is 11.1. The van der Waals surface area contributed by atoms with Crippen molar-refractivity contribution in [2.24, 2.45) is 0 Å². The van der Waals surface area contributed by atoms with Gasteiger partial charge in [-0.05, 0) is 44.0 Å². The highest BCUT2D eigenvalue weighted by molar-refractivity contribution is 6.00. The van der Waals surface area contributed by atoms with Gasteiger partial charge in [0.25, 0.3) is 5.91 Å². The van der Waals surface area contributed by atoms with Gasteiger partial charge in [-0.15, -0.1) is 10.2 Å². The molecule has 1 N–H and O–H groups in total. The fourth-order valence-corrected chi connectivity index (χ4v) is 4.04. The number of carbonyl (C=O) groups excluding carboxylic acids is 2. The molecule has 1 aliphatic carbocycles. The first-order valence-electron chi connectivity index (χ1n) is 11.1. The van der Waals surface area contributed by atoms with E-state index in [-0.39, 0.29) is 24.2 Å². The van der Waals surface area contributed by atoms with E-state index in [9.17, 15) is 14.0 Å². The van der Waals surface area contributed by atoms with Crippen molar-refractivity contribution < 1.29 is 14.0 Å². The maximum absolute atomic E-state index is 14.6. The monoisotopic (exact) mass is 450 g/mol. The molecular formula is C24H27FN6O2. The van der Waals surface area contributed by atoms with Crippen LogP contribution in [-0.2, 0) is 16.1 Å². The second-order valence-electron chi connectivity index (χ2n) is 8.39. The second kappa shape index (κ2) is 9.89. The van der Waals surface area contributed by atoms with Gasteiger partial charge in [-0.2, -0.15) is 4.80 Å². The highest BCUT2D eigenvalue weighted by Gasteiger charge is 2.31. The van der Waals surface area contributed by atoms with E-state index in [0.717, 1.165) is 41.6 Å². The molecule has 8 nitrogen and oxygen atoms in total. The van der Waals surface area contributed by atoms with Crippen LogP contribution >= 0.6 is 0 Å². The lowest BCUT2D eigenvalue weighted by Gasteiger charge is -2.29. The fourth-order valence-electron chi connectivity index (χ4n) is 4.04. The summed E-state index contributed by atoms with van der Waals surface area (Å²) in [5, 5.41) is 15.3. The van der Waals surface area contributed by atoms with Gasteiger partial charge in [-0.3, -0.25) is 14.5 Å². The molecule has 1 atom stereocenters. The van der Waals surface area contributed by atoms with Gasteiger partial charge in [-0.1, -0.05) is 54.8 Å². The summed E-state index contributed by atoms with van der Waals surface area (Å²) in [5.74, 6) is -1.03. The Morgan fingerprint density at radius 1 is 1.15 bits per heavy atom. The lowest BCUT2D eigenvalue weighted by Crippen LogP contribution is -2.51. The topological polar surface area (TPSA) is 93.0 Å². The Labute approximate surface area is 191 Å². The maximum Gasteiger partial charge on any atom is 0.251 e. The Morgan fingerprint density at radius 2 is 1.85 bits per heavy atom. The van der Waals surface area contributed by atoms with Crippen molar-refractivity contribution in [1.82, 2.24) is 25.5 Å². The Balaban J connectivity index is 1.55. The van der Waals surface area contributed by atoms with Crippen LogP contribution in [0.3, 0.4) is 0 Å². The average molecular weight is 451 g/mol. The summed E-state index contributed by atoms with van der Waals surface area (Å²) >= 11 is 0. The van der Waals surface area contributed by atoms with E-state index >= 15 is 0 Å². The average Bonchev–Trinajstić information content (AvgIpc) is 3.48. The zero-order valence-electron chi connectivity index (χ0n) is 18.7. The molecule has 2 aromatic carbocycles. The number of anilines is 1. The SMILES string of the molecule is Cc1ccc(-c2nnn(CC(=O)N(c3ccccc3F)[C@@H](C)C(=O)NC3CCCC3)n2)cc1. The quantitative estimate of drug-likeness (QED) is 0.596. The molecule has 0 unspecified atom stereocenters. The number of tetrazole rings is 1. The summed E-state index contributed by atoms with van der Waals surface area (Å²) in [6, 6.07) is 12.7. The van der Waals surface area contributed by atoms with Gasteiger partial charge in [0.05, 0.1) is 5.69 Å².